The van der Waals surface area contributed by atoms with E-state index in [0.29, 0.717) is 31.1 Å². The number of nitrogens with zero attached hydrogens (tertiary/aromatic N) is 3. The van der Waals surface area contributed by atoms with Gasteiger partial charge in [0.25, 0.3) is 5.91 Å². The number of rotatable bonds is 7. The average Bonchev–Trinajstić information content (AvgIpc) is 2.72. The predicted octanol–water partition coefficient (Wildman–Crippen LogP) is 3.75. The molecule has 5 nitrogen and oxygen atoms in total. The summed E-state index contributed by atoms with van der Waals surface area (Å²) in [6, 6.07) is 20.0. The van der Waals surface area contributed by atoms with Crippen LogP contribution >= 0.6 is 0 Å². The second kappa shape index (κ2) is 8.76. The summed E-state index contributed by atoms with van der Waals surface area (Å²) in [5, 5.41) is 3.21. The van der Waals surface area contributed by atoms with Crippen molar-refractivity contribution in [2.24, 2.45) is 0 Å². The molecule has 1 heterocycles. The van der Waals surface area contributed by atoms with Crippen molar-refractivity contribution in [2.45, 2.75) is 20.0 Å². The van der Waals surface area contributed by atoms with Gasteiger partial charge in [0.2, 0.25) is 0 Å². The highest BCUT2D eigenvalue weighted by Crippen LogP contribution is 2.10. The third-order valence-electron chi connectivity index (χ3n) is 4.07. The van der Waals surface area contributed by atoms with Crippen molar-refractivity contribution in [1.29, 1.82) is 0 Å². The maximum atomic E-state index is 12.7. The first-order valence-corrected chi connectivity index (χ1v) is 8.69. The van der Waals surface area contributed by atoms with Crippen LogP contribution in [0.25, 0.3) is 0 Å². The van der Waals surface area contributed by atoms with Crippen LogP contribution in [0.3, 0.4) is 0 Å². The number of hydrogen-bond acceptors (Lipinski definition) is 4. The standard InChI is InChI=1S/C21H22N4O/c1-2-25(16-18-11-7-4-8-12-18)21(26)19-14-24-20(15-22-19)23-13-17-9-5-3-6-10-17/h3-12,14-15H,2,13,16H2,1H3,(H,23,24). The van der Waals surface area contributed by atoms with Crippen molar-refractivity contribution in [3.05, 3.63) is 89.9 Å². The fourth-order valence-electron chi connectivity index (χ4n) is 2.61. The van der Waals surface area contributed by atoms with Crippen molar-refractivity contribution < 1.29 is 4.79 Å². The first kappa shape index (κ1) is 17.6. The van der Waals surface area contributed by atoms with Gasteiger partial charge in [-0.3, -0.25) is 4.79 Å². The molecule has 0 unspecified atom stereocenters. The van der Waals surface area contributed by atoms with Crippen molar-refractivity contribution >= 4 is 11.7 Å². The molecule has 0 bridgehead atoms. The summed E-state index contributed by atoms with van der Waals surface area (Å²) >= 11 is 0. The largest absolute Gasteiger partial charge is 0.365 e. The maximum Gasteiger partial charge on any atom is 0.274 e. The molecule has 1 amide bonds. The molecule has 1 aromatic heterocycles. The zero-order valence-electron chi connectivity index (χ0n) is 14.8. The molecule has 0 spiro atoms. The van der Waals surface area contributed by atoms with E-state index in [1.165, 1.54) is 6.20 Å². The van der Waals surface area contributed by atoms with E-state index >= 15 is 0 Å². The van der Waals surface area contributed by atoms with E-state index in [9.17, 15) is 4.79 Å². The zero-order valence-corrected chi connectivity index (χ0v) is 14.8. The van der Waals surface area contributed by atoms with Crippen LogP contribution in [-0.4, -0.2) is 27.3 Å². The second-order valence-corrected chi connectivity index (χ2v) is 5.93. The summed E-state index contributed by atoms with van der Waals surface area (Å²) in [6.45, 7) is 3.80. The molecule has 5 heteroatoms. The molecule has 0 saturated heterocycles. The number of carbonyl (C=O) groups excluding carboxylic acids is 1. The van der Waals surface area contributed by atoms with Crippen LogP contribution in [0.15, 0.2) is 73.1 Å². The molecule has 0 atom stereocenters. The van der Waals surface area contributed by atoms with E-state index in [1.807, 2.05) is 67.6 Å². The Morgan fingerprint density at radius 3 is 2.15 bits per heavy atom. The first-order chi connectivity index (χ1) is 12.8. The van der Waals surface area contributed by atoms with Crippen molar-refractivity contribution in [2.75, 3.05) is 11.9 Å². The van der Waals surface area contributed by atoms with Gasteiger partial charge in [0.15, 0.2) is 0 Å². The van der Waals surface area contributed by atoms with Gasteiger partial charge in [0.05, 0.1) is 12.4 Å². The SMILES string of the molecule is CCN(Cc1ccccc1)C(=O)c1cnc(NCc2ccccc2)cn1. The van der Waals surface area contributed by atoms with Crippen LogP contribution in [0.2, 0.25) is 0 Å². The molecule has 3 aromatic rings. The number of amides is 1. The topological polar surface area (TPSA) is 58.1 Å². The molecular formula is C21H22N4O. The Labute approximate surface area is 153 Å². The summed E-state index contributed by atoms with van der Waals surface area (Å²) in [6.07, 6.45) is 3.13. The zero-order chi connectivity index (χ0) is 18.2. The highest BCUT2D eigenvalue weighted by molar-refractivity contribution is 5.92. The molecule has 3 rings (SSSR count). The van der Waals surface area contributed by atoms with E-state index in [4.69, 9.17) is 0 Å². The lowest BCUT2D eigenvalue weighted by molar-refractivity contribution is 0.0746. The number of anilines is 1. The van der Waals surface area contributed by atoms with Gasteiger partial charge in [-0.2, -0.15) is 0 Å². The summed E-state index contributed by atoms with van der Waals surface area (Å²) in [5.41, 5.74) is 2.61. The Kier molecular flexibility index (Phi) is 5.93. The van der Waals surface area contributed by atoms with Crippen LogP contribution < -0.4 is 5.32 Å². The number of hydrogen-bond donors (Lipinski definition) is 1. The Morgan fingerprint density at radius 2 is 1.58 bits per heavy atom. The molecule has 132 valence electrons. The molecule has 0 radical (unpaired) electrons. The van der Waals surface area contributed by atoms with E-state index in [-0.39, 0.29) is 5.91 Å². The average molecular weight is 346 g/mol. The van der Waals surface area contributed by atoms with E-state index in [2.05, 4.69) is 15.3 Å². The minimum Gasteiger partial charge on any atom is -0.365 e. The van der Waals surface area contributed by atoms with E-state index < -0.39 is 0 Å². The number of nitrogens with one attached hydrogen (secondary N) is 1. The minimum absolute atomic E-state index is 0.113. The highest BCUT2D eigenvalue weighted by Gasteiger charge is 2.16. The lowest BCUT2D eigenvalue weighted by Crippen LogP contribution is -2.31. The van der Waals surface area contributed by atoms with Crippen LogP contribution in [0, 0.1) is 0 Å². The molecule has 0 aliphatic heterocycles. The summed E-state index contributed by atoms with van der Waals surface area (Å²) in [4.78, 5) is 23.0. The second-order valence-electron chi connectivity index (χ2n) is 5.93. The van der Waals surface area contributed by atoms with Crippen molar-refractivity contribution in [1.82, 2.24) is 14.9 Å². The molecule has 26 heavy (non-hydrogen) atoms. The normalized spacial score (nSPS) is 10.3. The van der Waals surface area contributed by atoms with Crippen LogP contribution in [0.4, 0.5) is 5.82 Å². The van der Waals surface area contributed by atoms with Crippen molar-refractivity contribution in [3.63, 3.8) is 0 Å². The van der Waals surface area contributed by atoms with Gasteiger partial charge in [-0.05, 0) is 18.1 Å². The van der Waals surface area contributed by atoms with Crippen molar-refractivity contribution in [3.8, 4) is 0 Å². The Hall–Kier alpha value is -3.21. The van der Waals surface area contributed by atoms with Gasteiger partial charge >= 0.3 is 0 Å². The number of benzene rings is 2. The van der Waals surface area contributed by atoms with Gasteiger partial charge in [0.1, 0.15) is 11.5 Å². The van der Waals surface area contributed by atoms with E-state index in [0.717, 1.165) is 11.1 Å². The van der Waals surface area contributed by atoms with Gasteiger partial charge in [-0.15, -0.1) is 0 Å². The van der Waals surface area contributed by atoms with Crippen LogP contribution in [0.5, 0.6) is 0 Å². The molecule has 1 N–H and O–H groups in total. The minimum atomic E-state index is -0.113. The van der Waals surface area contributed by atoms with Gasteiger partial charge < -0.3 is 10.2 Å². The molecule has 0 aliphatic carbocycles. The van der Waals surface area contributed by atoms with Crippen LogP contribution in [-0.2, 0) is 13.1 Å². The lowest BCUT2D eigenvalue weighted by atomic mass is 10.2. The number of aromatic nitrogens is 2. The quantitative estimate of drug-likeness (QED) is 0.708. The van der Waals surface area contributed by atoms with Gasteiger partial charge in [0, 0.05) is 19.6 Å². The van der Waals surface area contributed by atoms with Gasteiger partial charge in [-0.25, -0.2) is 9.97 Å². The molecule has 2 aromatic carbocycles. The van der Waals surface area contributed by atoms with Gasteiger partial charge in [-0.1, -0.05) is 60.7 Å². The Balaban J connectivity index is 1.62. The first-order valence-electron chi connectivity index (χ1n) is 8.69. The fraction of sp³-hybridized carbons (Fsp3) is 0.190. The third kappa shape index (κ3) is 4.66. The monoisotopic (exact) mass is 346 g/mol. The molecule has 0 aliphatic rings. The fourth-order valence-corrected chi connectivity index (χ4v) is 2.61. The molecule has 0 saturated carbocycles. The summed E-state index contributed by atoms with van der Waals surface area (Å²) < 4.78 is 0. The number of carbonyl (C=O) groups is 1. The van der Waals surface area contributed by atoms with E-state index in [1.54, 1.807) is 11.1 Å². The highest BCUT2D eigenvalue weighted by atomic mass is 16.2. The summed E-state index contributed by atoms with van der Waals surface area (Å²) in [5.74, 6) is 0.537. The predicted molar refractivity (Wildman–Crippen MR) is 103 cm³/mol. The third-order valence-corrected chi connectivity index (χ3v) is 4.07. The lowest BCUT2D eigenvalue weighted by Gasteiger charge is -2.20. The smallest absolute Gasteiger partial charge is 0.274 e. The van der Waals surface area contributed by atoms with Crippen LogP contribution in [0.1, 0.15) is 28.5 Å². The maximum absolute atomic E-state index is 12.7. The molecular weight excluding hydrogens is 324 g/mol. The Morgan fingerprint density at radius 1 is 0.923 bits per heavy atom. The Bertz CT molecular complexity index is 820. The summed E-state index contributed by atoms with van der Waals surface area (Å²) in [7, 11) is 0. The molecule has 0 fully saturated rings.